The third-order valence-electron chi connectivity index (χ3n) is 4.34. The Kier molecular flexibility index (Phi) is 5.46. The van der Waals surface area contributed by atoms with E-state index >= 15 is 0 Å². The summed E-state index contributed by atoms with van der Waals surface area (Å²) < 4.78 is 5.26. The van der Waals surface area contributed by atoms with E-state index in [1.165, 1.54) is 7.11 Å². The molecule has 1 saturated heterocycles. The van der Waals surface area contributed by atoms with E-state index in [4.69, 9.17) is 9.57 Å². The number of rotatable bonds is 5. The Hall–Kier alpha value is -2.66. The van der Waals surface area contributed by atoms with Gasteiger partial charge in [-0.25, -0.2) is 0 Å². The van der Waals surface area contributed by atoms with E-state index in [1.54, 1.807) is 12.0 Å². The van der Waals surface area contributed by atoms with Gasteiger partial charge in [0, 0.05) is 19.1 Å². The Morgan fingerprint density at radius 3 is 2.40 bits per heavy atom. The van der Waals surface area contributed by atoms with Gasteiger partial charge in [-0.05, 0) is 23.3 Å². The van der Waals surface area contributed by atoms with Crippen molar-refractivity contribution in [3.63, 3.8) is 0 Å². The first kappa shape index (κ1) is 17.2. The van der Waals surface area contributed by atoms with Gasteiger partial charge in [0.05, 0.1) is 24.9 Å². The van der Waals surface area contributed by atoms with Gasteiger partial charge in [0.2, 0.25) is 0 Å². The molecule has 3 rings (SSSR count). The molecule has 0 N–H and O–H groups in total. The van der Waals surface area contributed by atoms with E-state index in [0.717, 1.165) is 16.8 Å². The topological polar surface area (TPSA) is 51.1 Å². The average Bonchev–Trinajstić information content (AvgIpc) is 3.05. The number of hydrogen-bond donors (Lipinski definition) is 0. The molecule has 1 aliphatic rings. The zero-order valence-electron chi connectivity index (χ0n) is 14.5. The second kappa shape index (κ2) is 7.94. The number of oxime groups is 1. The van der Waals surface area contributed by atoms with Gasteiger partial charge in [-0.1, -0.05) is 47.6 Å². The minimum absolute atomic E-state index is 0.0111. The summed E-state index contributed by atoms with van der Waals surface area (Å²) in [6.07, 6.45) is 0.676. The normalized spacial score (nSPS) is 18.6. The molecule has 0 aromatic heterocycles. The van der Waals surface area contributed by atoms with Crippen LogP contribution in [0.1, 0.15) is 16.8 Å². The van der Waals surface area contributed by atoms with Crippen LogP contribution in [0.2, 0.25) is 0 Å². The molecular weight excluding hydrogens is 316 g/mol. The van der Waals surface area contributed by atoms with Crippen molar-refractivity contribution in [1.29, 1.82) is 0 Å². The van der Waals surface area contributed by atoms with Gasteiger partial charge in [-0.3, -0.25) is 4.79 Å². The Morgan fingerprint density at radius 2 is 1.76 bits per heavy atom. The Bertz CT molecular complexity index is 741. The van der Waals surface area contributed by atoms with Crippen LogP contribution in [0, 0.1) is 0 Å². The highest BCUT2D eigenvalue weighted by Crippen LogP contribution is 2.23. The maximum absolute atomic E-state index is 12.9. The fraction of sp³-hybridized carbons (Fsp3) is 0.300. The Morgan fingerprint density at radius 1 is 1.08 bits per heavy atom. The number of methoxy groups -OCH3 is 1. The lowest BCUT2D eigenvalue weighted by Gasteiger charge is -2.23. The summed E-state index contributed by atoms with van der Waals surface area (Å²) in [5.41, 5.74) is 3.75. The minimum atomic E-state index is -0.0137. The molecule has 1 fully saturated rings. The predicted octanol–water partition coefficient (Wildman–Crippen LogP) is 3.22. The Labute approximate surface area is 147 Å². The summed E-state index contributed by atoms with van der Waals surface area (Å²) in [6.45, 7) is 0.956. The summed E-state index contributed by atoms with van der Waals surface area (Å²) in [4.78, 5) is 19.6. The minimum Gasteiger partial charge on any atom is -0.399 e. The highest BCUT2D eigenvalue weighted by molar-refractivity contribution is 6.00. The molecule has 2 aromatic rings. The average molecular weight is 338 g/mol. The number of hydrogen-bond acceptors (Lipinski definition) is 4. The summed E-state index contributed by atoms with van der Waals surface area (Å²) in [6, 6.07) is 17.8. The van der Waals surface area contributed by atoms with Gasteiger partial charge < -0.3 is 14.5 Å². The van der Waals surface area contributed by atoms with Gasteiger partial charge >= 0.3 is 0 Å². The molecule has 0 saturated carbocycles. The van der Waals surface area contributed by atoms with E-state index in [-0.39, 0.29) is 11.9 Å². The maximum Gasteiger partial charge on any atom is 0.254 e. The zero-order valence-corrected chi connectivity index (χ0v) is 14.5. The van der Waals surface area contributed by atoms with E-state index < -0.39 is 0 Å². The number of benzene rings is 2. The van der Waals surface area contributed by atoms with Gasteiger partial charge in [0.25, 0.3) is 5.91 Å². The zero-order chi connectivity index (χ0) is 17.6. The fourth-order valence-corrected chi connectivity index (χ4v) is 3.15. The number of likely N-dealkylation sites (tertiary alicyclic amines) is 1. The number of amides is 1. The second-order valence-corrected chi connectivity index (χ2v) is 6.03. The summed E-state index contributed by atoms with van der Waals surface area (Å²) in [5, 5.41) is 4.00. The van der Waals surface area contributed by atoms with Crippen molar-refractivity contribution < 1.29 is 14.4 Å². The molecule has 25 heavy (non-hydrogen) atoms. The molecule has 1 heterocycles. The van der Waals surface area contributed by atoms with Crippen LogP contribution in [0.3, 0.4) is 0 Å². The van der Waals surface area contributed by atoms with Crippen molar-refractivity contribution in [2.24, 2.45) is 5.16 Å². The fourth-order valence-electron chi connectivity index (χ4n) is 3.15. The summed E-state index contributed by atoms with van der Waals surface area (Å²) >= 11 is 0. The first-order valence-electron chi connectivity index (χ1n) is 8.27. The summed E-state index contributed by atoms with van der Waals surface area (Å²) in [5.74, 6) is -0.0111. The molecule has 2 aromatic carbocycles. The van der Waals surface area contributed by atoms with Gasteiger partial charge in [-0.15, -0.1) is 0 Å². The molecule has 1 amide bonds. The lowest BCUT2D eigenvalue weighted by Crippen LogP contribution is -2.38. The molecule has 130 valence electrons. The van der Waals surface area contributed by atoms with Crippen molar-refractivity contribution in [2.75, 3.05) is 27.4 Å². The lowest BCUT2D eigenvalue weighted by atomic mass is 10.0. The number of carbonyl (C=O) groups excluding carboxylic acids is 1. The van der Waals surface area contributed by atoms with E-state index in [1.807, 2.05) is 42.5 Å². The first-order chi connectivity index (χ1) is 12.2. The van der Waals surface area contributed by atoms with Crippen LogP contribution < -0.4 is 0 Å². The van der Waals surface area contributed by atoms with Crippen LogP contribution in [-0.2, 0) is 9.57 Å². The lowest BCUT2D eigenvalue weighted by molar-refractivity contribution is 0.0632. The van der Waals surface area contributed by atoms with Crippen LogP contribution in [0.15, 0.2) is 59.8 Å². The Balaban J connectivity index is 1.78. The van der Waals surface area contributed by atoms with E-state index in [9.17, 15) is 4.79 Å². The SMILES string of the molecule is COCC1CC(=NOC)CN1C(=O)c1ccc(-c2ccccc2)cc1. The quantitative estimate of drug-likeness (QED) is 0.787. The third kappa shape index (κ3) is 3.88. The van der Waals surface area contributed by atoms with Gasteiger partial charge in [-0.2, -0.15) is 0 Å². The monoisotopic (exact) mass is 338 g/mol. The van der Waals surface area contributed by atoms with Crippen LogP contribution in [0.25, 0.3) is 11.1 Å². The van der Waals surface area contributed by atoms with Crippen molar-refractivity contribution in [1.82, 2.24) is 4.90 Å². The molecule has 0 spiro atoms. The second-order valence-electron chi connectivity index (χ2n) is 6.03. The predicted molar refractivity (Wildman–Crippen MR) is 97.6 cm³/mol. The van der Waals surface area contributed by atoms with E-state index in [2.05, 4.69) is 17.3 Å². The van der Waals surface area contributed by atoms with Crippen molar-refractivity contribution >= 4 is 11.6 Å². The molecule has 0 radical (unpaired) electrons. The van der Waals surface area contributed by atoms with Crippen LogP contribution in [0.5, 0.6) is 0 Å². The molecule has 1 atom stereocenters. The van der Waals surface area contributed by atoms with Crippen LogP contribution in [0.4, 0.5) is 0 Å². The van der Waals surface area contributed by atoms with Crippen molar-refractivity contribution in [3.8, 4) is 11.1 Å². The molecular formula is C20H22N2O3. The van der Waals surface area contributed by atoms with E-state index in [0.29, 0.717) is 25.1 Å². The molecule has 1 unspecified atom stereocenters. The molecule has 5 nitrogen and oxygen atoms in total. The molecule has 0 bridgehead atoms. The maximum atomic E-state index is 12.9. The molecule has 0 aliphatic carbocycles. The highest BCUT2D eigenvalue weighted by Gasteiger charge is 2.33. The van der Waals surface area contributed by atoms with Gasteiger partial charge in [0.15, 0.2) is 0 Å². The molecule has 5 heteroatoms. The standard InChI is InChI=1S/C20H22N2O3/c1-24-14-19-12-18(21-25-2)13-22(19)20(23)17-10-8-16(9-11-17)15-6-4-3-5-7-15/h3-11,19H,12-14H2,1-2H3. The number of carbonyl (C=O) groups is 1. The molecule has 1 aliphatic heterocycles. The first-order valence-corrected chi connectivity index (χ1v) is 8.27. The van der Waals surface area contributed by atoms with Crippen molar-refractivity contribution in [2.45, 2.75) is 12.5 Å². The van der Waals surface area contributed by atoms with Crippen LogP contribution >= 0.6 is 0 Å². The van der Waals surface area contributed by atoms with Crippen molar-refractivity contribution in [3.05, 3.63) is 60.2 Å². The van der Waals surface area contributed by atoms with Gasteiger partial charge in [0.1, 0.15) is 7.11 Å². The largest absolute Gasteiger partial charge is 0.399 e. The third-order valence-corrected chi connectivity index (χ3v) is 4.34. The number of ether oxygens (including phenoxy) is 1. The van der Waals surface area contributed by atoms with Crippen LogP contribution in [-0.4, -0.2) is 49.9 Å². The highest BCUT2D eigenvalue weighted by atomic mass is 16.6. The summed E-state index contributed by atoms with van der Waals surface area (Å²) in [7, 11) is 3.16. The number of nitrogens with zero attached hydrogens (tertiary/aromatic N) is 2. The smallest absolute Gasteiger partial charge is 0.254 e.